The van der Waals surface area contributed by atoms with Crippen LogP contribution in [-0.2, 0) is 19.1 Å². The van der Waals surface area contributed by atoms with Crippen LogP contribution in [0.3, 0.4) is 0 Å². The number of esters is 2. The molecule has 34 heavy (non-hydrogen) atoms. The highest BCUT2D eigenvalue weighted by molar-refractivity contribution is 7.99. The smallest absolute Gasteiger partial charge is 0.338 e. The molecule has 1 atom stereocenters. The number of aryl methyl sites for hydroxylation is 1. The number of amides is 2. The van der Waals surface area contributed by atoms with Gasteiger partial charge < -0.3 is 24.5 Å². The number of para-hydroxylation sites is 2. The van der Waals surface area contributed by atoms with Gasteiger partial charge in [0, 0.05) is 0 Å². The molecule has 0 spiro atoms. The lowest BCUT2D eigenvalue weighted by Gasteiger charge is -2.27. The van der Waals surface area contributed by atoms with Crippen LogP contribution in [0, 0.1) is 6.92 Å². The van der Waals surface area contributed by atoms with E-state index in [1.807, 2.05) is 24.3 Å². The number of carbonyl (C=O) groups is 3. The molecule has 0 saturated carbocycles. The summed E-state index contributed by atoms with van der Waals surface area (Å²) >= 11 is 1.18. The van der Waals surface area contributed by atoms with Crippen LogP contribution >= 0.6 is 11.8 Å². The Kier molecular flexibility index (Phi) is 7.12. The van der Waals surface area contributed by atoms with E-state index < -0.39 is 24.0 Å². The van der Waals surface area contributed by atoms with Crippen molar-refractivity contribution in [1.82, 2.24) is 20.6 Å². The summed E-state index contributed by atoms with van der Waals surface area (Å²) in [5.74, 6) is -0.241. The summed E-state index contributed by atoms with van der Waals surface area (Å²) < 4.78 is 16.1. The Balaban J connectivity index is 1.46. The molecule has 0 radical (unpaired) electrons. The van der Waals surface area contributed by atoms with Crippen LogP contribution in [0.4, 0.5) is 4.79 Å². The van der Waals surface area contributed by atoms with E-state index >= 15 is 0 Å². The number of benzene rings is 1. The molecule has 1 aromatic carbocycles. The molecule has 11 heteroatoms. The molecule has 0 aliphatic carbocycles. The van der Waals surface area contributed by atoms with Crippen LogP contribution in [0.25, 0.3) is 11.0 Å². The van der Waals surface area contributed by atoms with Crippen molar-refractivity contribution in [3.63, 3.8) is 0 Å². The van der Waals surface area contributed by atoms with E-state index in [0.717, 1.165) is 11.0 Å². The maximum absolute atomic E-state index is 12.7. The minimum atomic E-state index is -0.877. The number of nitrogens with one attached hydrogen (secondary N) is 2. The second kappa shape index (κ2) is 10.4. The first kappa shape index (κ1) is 23.3. The van der Waals surface area contributed by atoms with Gasteiger partial charge in [-0.1, -0.05) is 23.9 Å². The molecular formula is C23H22N4O6S. The maximum Gasteiger partial charge on any atom is 0.338 e. The van der Waals surface area contributed by atoms with Crippen molar-refractivity contribution in [2.75, 3.05) is 19.0 Å². The molecule has 0 bridgehead atoms. The van der Waals surface area contributed by atoms with Gasteiger partial charge in [0.15, 0.2) is 0 Å². The van der Waals surface area contributed by atoms with Crippen LogP contribution in [-0.4, -0.2) is 46.9 Å². The van der Waals surface area contributed by atoms with E-state index in [1.165, 1.54) is 11.8 Å². The average Bonchev–Trinajstić information content (AvgIpc) is 3.27. The molecular weight excluding hydrogens is 460 g/mol. The van der Waals surface area contributed by atoms with Crippen molar-refractivity contribution >= 4 is 40.8 Å². The van der Waals surface area contributed by atoms with Crippen molar-refractivity contribution in [2.45, 2.75) is 24.9 Å². The third-order valence-electron chi connectivity index (χ3n) is 4.84. The van der Waals surface area contributed by atoms with Gasteiger partial charge in [-0.05, 0) is 38.1 Å². The standard InChI is InChI=1S/C23H22N4O6S/c1-3-31-22(29)20-16(26-23(30)27-21(20)17-9-8-13(2)33-17)11-32-19(28)12-34-18-10-24-14-6-4-5-7-15(14)25-18/h4-10,21H,3,11-12H2,1-2H3,(H2,26,27,30)/t21-/m1/s1. The molecule has 3 heterocycles. The summed E-state index contributed by atoms with van der Waals surface area (Å²) in [6.45, 7) is 3.24. The van der Waals surface area contributed by atoms with E-state index in [2.05, 4.69) is 20.6 Å². The predicted octanol–water partition coefficient (Wildman–Crippen LogP) is 3.04. The van der Waals surface area contributed by atoms with E-state index in [-0.39, 0.29) is 30.2 Å². The van der Waals surface area contributed by atoms with E-state index in [9.17, 15) is 14.4 Å². The number of aromatic nitrogens is 2. The fourth-order valence-corrected chi connectivity index (χ4v) is 3.98. The van der Waals surface area contributed by atoms with Gasteiger partial charge in [-0.3, -0.25) is 9.78 Å². The molecule has 2 N–H and O–H groups in total. The summed E-state index contributed by atoms with van der Waals surface area (Å²) in [5.41, 5.74) is 1.72. The van der Waals surface area contributed by atoms with Crippen LogP contribution < -0.4 is 10.6 Å². The predicted molar refractivity (Wildman–Crippen MR) is 123 cm³/mol. The zero-order valence-electron chi connectivity index (χ0n) is 18.5. The number of urea groups is 1. The van der Waals surface area contributed by atoms with Crippen LogP contribution in [0.5, 0.6) is 0 Å². The number of hydrogen-bond donors (Lipinski definition) is 2. The molecule has 0 unspecified atom stereocenters. The Bertz CT molecular complexity index is 1270. The highest BCUT2D eigenvalue weighted by atomic mass is 32.2. The molecule has 2 amide bonds. The van der Waals surface area contributed by atoms with Crippen LogP contribution in [0.2, 0.25) is 0 Å². The second-order valence-corrected chi connectivity index (χ2v) is 8.23. The fourth-order valence-electron chi connectivity index (χ4n) is 3.34. The molecule has 3 aromatic rings. The lowest BCUT2D eigenvalue weighted by molar-refractivity contribution is -0.141. The number of ether oxygens (including phenoxy) is 2. The summed E-state index contributed by atoms with van der Waals surface area (Å²) in [6, 6.07) is 9.37. The van der Waals surface area contributed by atoms with Gasteiger partial charge in [-0.25, -0.2) is 14.6 Å². The lowest BCUT2D eigenvalue weighted by Crippen LogP contribution is -2.47. The van der Waals surface area contributed by atoms with E-state index in [4.69, 9.17) is 13.9 Å². The van der Waals surface area contributed by atoms with Gasteiger partial charge in [0.2, 0.25) is 0 Å². The number of furan rings is 1. The normalized spacial score (nSPS) is 15.6. The Morgan fingerprint density at radius 1 is 1.15 bits per heavy atom. The first-order chi connectivity index (χ1) is 16.4. The number of thioether (sulfide) groups is 1. The topological polar surface area (TPSA) is 133 Å². The number of nitrogens with zero attached hydrogens (tertiary/aromatic N) is 2. The highest BCUT2D eigenvalue weighted by Gasteiger charge is 2.36. The molecule has 176 valence electrons. The third kappa shape index (κ3) is 5.37. The van der Waals surface area contributed by atoms with Crippen LogP contribution in [0.15, 0.2) is 63.3 Å². The number of hydrogen-bond acceptors (Lipinski definition) is 9. The fraction of sp³-hybridized carbons (Fsp3) is 0.261. The molecule has 1 aliphatic rings. The van der Waals surface area contributed by atoms with Gasteiger partial charge in [0.25, 0.3) is 0 Å². The summed E-state index contributed by atoms with van der Waals surface area (Å²) in [7, 11) is 0. The van der Waals surface area contributed by atoms with Crippen molar-refractivity contribution in [1.29, 1.82) is 0 Å². The van der Waals surface area contributed by atoms with Crippen molar-refractivity contribution in [3.8, 4) is 0 Å². The average molecular weight is 483 g/mol. The van der Waals surface area contributed by atoms with E-state index in [0.29, 0.717) is 16.5 Å². The SMILES string of the molecule is CCOC(=O)C1=C(COC(=O)CSc2cnc3ccccc3n2)NC(=O)N[C@@H]1c1ccc(C)o1. The molecule has 2 aromatic heterocycles. The summed E-state index contributed by atoms with van der Waals surface area (Å²) in [4.78, 5) is 46.1. The first-order valence-electron chi connectivity index (χ1n) is 10.5. The Labute approximate surface area is 199 Å². The molecule has 10 nitrogen and oxygen atoms in total. The van der Waals surface area contributed by atoms with Gasteiger partial charge in [0.1, 0.15) is 29.2 Å². The van der Waals surface area contributed by atoms with Gasteiger partial charge >= 0.3 is 18.0 Å². The minimum absolute atomic E-state index is 0.0258. The zero-order chi connectivity index (χ0) is 24.1. The van der Waals surface area contributed by atoms with Gasteiger partial charge in [0.05, 0.1) is 40.9 Å². The van der Waals surface area contributed by atoms with Crippen molar-refractivity contribution in [2.24, 2.45) is 0 Å². The number of rotatable bonds is 8. The Morgan fingerprint density at radius 3 is 2.68 bits per heavy atom. The van der Waals surface area contributed by atoms with E-state index in [1.54, 1.807) is 32.2 Å². The lowest BCUT2D eigenvalue weighted by atomic mass is 10.0. The molecule has 0 fully saturated rings. The monoisotopic (exact) mass is 482 g/mol. The zero-order valence-corrected chi connectivity index (χ0v) is 19.3. The van der Waals surface area contributed by atoms with Gasteiger partial charge in [-0.15, -0.1) is 0 Å². The summed E-state index contributed by atoms with van der Waals surface area (Å²) in [5, 5.41) is 5.77. The Morgan fingerprint density at radius 2 is 1.94 bits per heavy atom. The first-order valence-corrected chi connectivity index (χ1v) is 11.5. The van der Waals surface area contributed by atoms with Gasteiger partial charge in [-0.2, -0.15) is 0 Å². The second-order valence-electron chi connectivity index (χ2n) is 7.24. The number of carbonyl (C=O) groups excluding carboxylic acids is 3. The third-order valence-corrected chi connectivity index (χ3v) is 5.71. The summed E-state index contributed by atoms with van der Waals surface area (Å²) in [6.07, 6.45) is 1.59. The maximum atomic E-state index is 12.7. The Hall–Kier alpha value is -3.86. The minimum Gasteiger partial charge on any atom is -0.464 e. The molecule has 1 aliphatic heterocycles. The van der Waals surface area contributed by atoms with Crippen LogP contribution in [0.1, 0.15) is 24.5 Å². The van der Waals surface area contributed by atoms with Crippen molar-refractivity contribution < 1.29 is 28.3 Å². The molecule has 4 rings (SSSR count). The largest absolute Gasteiger partial charge is 0.464 e. The highest BCUT2D eigenvalue weighted by Crippen LogP contribution is 2.29. The quantitative estimate of drug-likeness (QED) is 0.367. The van der Waals surface area contributed by atoms with Crippen molar-refractivity contribution in [3.05, 3.63) is 65.4 Å². The molecule has 0 saturated heterocycles. The number of fused-ring (bicyclic) bond motifs is 1.